The van der Waals surface area contributed by atoms with Crippen molar-refractivity contribution in [2.75, 3.05) is 19.6 Å². The summed E-state index contributed by atoms with van der Waals surface area (Å²) in [5.41, 5.74) is 28.4. The van der Waals surface area contributed by atoms with Crippen molar-refractivity contribution in [3.05, 3.63) is 11.1 Å². The number of benzene rings is 9. The quantitative estimate of drug-likeness (QED) is 0.121. The Morgan fingerprint density at radius 3 is 0.250 bits per heavy atom. The van der Waals surface area contributed by atoms with E-state index in [1.54, 1.807) is 0 Å². The minimum atomic E-state index is 0.165. The summed E-state index contributed by atoms with van der Waals surface area (Å²) < 4.78 is 84.4. The van der Waals surface area contributed by atoms with Crippen LogP contribution in [0, 0.1) is 1730 Å². The van der Waals surface area contributed by atoms with E-state index in [2.05, 4.69) is 89.3 Å². The van der Waals surface area contributed by atoms with Crippen molar-refractivity contribution in [1.82, 2.24) is 0 Å². The Balaban J connectivity index is 1.46. The van der Waals surface area contributed by atoms with Crippen LogP contribution in [0.2, 0.25) is 0 Å². The van der Waals surface area contributed by atoms with E-state index in [0.29, 0.717) is 1030 Å². The van der Waals surface area contributed by atoms with Crippen molar-refractivity contribution in [2.24, 2.45) is 0 Å². The van der Waals surface area contributed by atoms with E-state index in [4.69, 9.17) is 0 Å². The van der Waals surface area contributed by atoms with Crippen LogP contribution in [-0.4, -0.2) is 0 Å². The fraction of sp³-hybridized carbons (Fsp3) is 0.0357. The van der Waals surface area contributed by atoms with Crippen LogP contribution >= 0.6 is 0 Å². The topological polar surface area (TPSA) is 13.0 Å². The van der Waals surface area contributed by atoms with Gasteiger partial charge in [-0.15, -0.1) is 0 Å². The zero-order valence-electron chi connectivity index (χ0n) is 70.8. The van der Waals surface area contributed by atoms with E-state index < -0.39 is 0 Å². The van der Waals surface area contributed by atoms with E-state index in [-0.39, 0.29) is 685 Å². The van der Waals surface area contributed by atoms with Crippen LogP contribution in [0.4, 0.5) is 68.2 Å². The van der Waals surface area contributed by atoms with Gasteiger partial charge < -0.3 is 0 Å². The van der Waals surface area contributed by atoms with E-state index in [1.165, 1.54) is 0 Å². The molecule has 0 unspecified atom stereocenters. The first-order chi connectivity index (χ1) is 46.2. The molecule has 9 rings (SSSR count). The predicted octanol–water partition coefficient (Wildman–Crippen LogP) is -27.5. The summed E-state index contributed by atoms with van der Waals surface area (Å²) in [6.07, 6.45) is 0. The van der Waals surface area contributed by atoms with E-state index in [9.17, 15) is 0 Å². The number of nitrogens with zero attached hydrogens (tertiary/aromatic N) is 4. The average molecular weight is 9820 g/mol. The van der Waals surface area contributed by atoms with Gasteiger partial charge in [0.1, 0.15) is 0 Å². The molecule has 0 radical (unpaired) electrons. The molecule has 0 aliphatic rings. The molecule has 44 heteroatoms. The van der Waals surface area contributed by atoms with Crippen molar-refractivity contribution < 1.29 is 1710 Å². The van der Waals surface area contributed by atoms with Crippen LogP contribution in [0.3, 0.4) is 0 Å². The van der Waals surface area contributed by atoms with Crippen molar-refractivity contribution in [3.8, 4) is 0 Å². The Morgan fingerprint density at radius 1 is 0.100 bits per heavy atom. The summed E-state index contributed by atoms with van der Waals surface area (Å²) in [6.45, 7) is 5.40. The maximum absolute atomic E-state index is 3.56. The Hall–Kier alpha value is 50.9. The van der Waals surface area contributed by atoms with Crippen LogP contribution in [-0.2, 0) is 0 Å². The molecule has 0 fully saturated rings. The summed E-state index contributed by atoms with van der Waals surface area (Å²) in [6, 6.07) is 0. The van der Waals surface area contributed by atoms with E-state index in [1.807, 2.05) is 47.7 Å². The third kappa shape index (κ3) is 32.8. The molecule has 0 amide bonds. The minimum absolute atomic E-state index is 0.165. The molecule has 100 heavy (non-hydrogen) atoms. The molecule has 4 nitrogen and oxygen atoms in total. The van der Waals surface area contributed by atoms with Crippen LogP contribution in [0.15, 0.2) is 0 Å². The van der Waals surface area contributed by atoms with Gasteiger partial charge in [0.15, 0.2) is 0 Å². The van der Waals surface area contributed by atoms with Gasteiger partial charge in [-0.3, -0.25) is 0 Å². The molecule has 0 aliphatic carbocycles. The Kier molecular flexibility index (Phi) is 88.2. The second-order valence-corrected chi connectivity index (χ2v) is 196. The summed E-state index contributed by atoms with van der Waals surface area (Å²) in [7, 11) is 0. The third-order valence-corrected chi connectivity index (χ3v) is 687. The van der Waals surface area contributed by atoms with Crippen LogP contribution < -0.4 is 43.8 Å². The first kappa shape index (κ1) is 134. The Morgan fingerprint density at radius 2 is 0.160 bits per heavy atom. The standard InChI is InChI=1S/C56H6N4.40Ra.40H/c1-43-23-27-49(28-24-43)59(53-35-31-51(32-36-53)57(45-15-7-3-8-16-45)46-17-9-4-10-18-46)55-39-41-56(42-40-55)60(50-29-25-44(2)26-30-50)54-37-33-52(34-38-54)58(47-19-11-5-12-20-47)48-21-13-6-14-22-48;;;;;;;;;;;;;;;;;;;;;;;;;;;;;;;;;;;;;;;;;;;;;;;;;;;;;;;;;;;;;;;;;;;;;;;;;;;;;;;;/h1-2H3;;;;;;;;;;;;;;;;;;;;;;;;;;;;;;;;;;;;;;;;;;;;;;;;;;;;;;;;;;;;;;;;;;;;;;;;;;;;;;;;. The molecule has 0 atom stereocenters. The molecular weight excluding hydrogens is 9770 g/mol. The molecule has 9 aromatic rings. The van der Waals surface area contributed by atoms with Crippen LogP contribution in [0.1, 0.15) is 11.1 Å². The van der Waals surface area contributed by atoms with Gasteiger partial charge in [0.25, 0.3) is 0 Å². The monoisotopic (exact) mass is 9820 g/mol. The third-order valence-electron chi connectivity index (χ3n) is 28.1. The van der Waals surface area contributed by atoms with Crippen LogP contribution in [0.25, 0.3) is 0 Å². The number of anilines is 12. The van der Waals surface area contributed by atoms with Crippen molar-refractivity contribution in [2.45, 2.75) is 13.8 Å². The van der Waals surface area contributed by atoms with Gasteiger partial charge >= 0.3 is 1850 Å². The summed E-state index contributed by atoms with van der Waals surface area (Å²) in [4.78, 5) is 14.1. The van der Waals surface area contributed by atoms with Crippen molar-refractivity contribution in [1.29, 1.82) is 0 Å². The zero-order valence-corrected chi connectivity index (χ0v) is 400. The molecule has 0 N–H and O–H groups in total. The van der Waals surface area contributed by atoms with Gasteiger partial charge in [-0.25, -0.2) is 0 Å². The predicted molar refractivity (Wildman–Crippen MR) is 296 cm³/mol. The molecule has 9 aromatic carbocycles. The van der Waals surface area contributed by atoms with Crippen molar-refractivity contribution >= 4 is 92.4 Å². The number of rotatable bonds is 12. The summed E-state index contributed by atoms with van der Waals surface area (Å²) in [5.74, 6) is 0. The molecule has 0 saturated heterocycles. The van der Waals surface area contributed by atoms with E-state index in [0.717, 1.165) is 0 Å². The maximum atomic E-state index is 3.56. The summed E-state index contributed by atoms with van der Waals surface area (Å²) in [5, 5.41) is 0. The fourth-order valence-electron chi connectivity index (χ4n) is 18.1. The zero-order chi connectivity index (χ0) is 75.5. The van der Waals surface area contributed by atoms with Gasteiger partial charge in [-0.1, -0.05) is 0 Å². The number of hydrogen-bond acceptors (Lipinski definition) is 4. The number of hydrogen-bond donors (Lipinski definition) is 0. The van der Waals surface area contributed by atoms with Gasteiger partial charge in [0.05, 0.1) is 0 Å². The molecular formula is C56H46N4Ra40. The molecule has 0 aliphatic heterocycles. The molecule has 0 spiro atoms. The first-order valence-electron chi connectivity index (χ1n) is 37.2. The molecule has 0 aromatic heterocycles. The normalized spacial score (nSPS) is 10.9. The second kappa shape index (κ2) is 65.7. The molecule has 0 saturated carbocycles. The summed E-state index contributed by atoms with van der Waals surface area (Å²) >= 11 is 13.0. The van der Waals surface area contributed by atoms with Gasteiger partial charge in [0, 0.05) is 0 Å². The van der Waals surface area contributed by atoms with E-state index >= 15 is 0 Å². The van der Waals surface area contributed by atoms with Crippen molar-refractivity contribution in [3.63, 3.8) is 0 Å². The molecule has 0 heterocycles. The van der Waals surface area contributed by atoms with Gasteiger partial charge in [0.2, 0.25) is 0 Å². The van der Waals surface area contributed by atoms with Gasteiger partial charge in [-0.2, -0.15) is 0 Å². The first-order valence-corrected chi connectivity index (χ1v) is 202. The Bertz CT molecular complexity index is 4440. The van der Waals surface area contributed by atoms with Crippen LogP contribution in [0.5, 0.6) is 0 Å². The SMILES string of the molecule is Cc1[c]([RaH])[c]([RaH])c(N(c2[c]([RaH])[c]([RaH])c(N(c3[c]([RaH])[c]([RaH])[c]([RaH])[c]([RaH])[c]3[RaH])c3[c]([RaH])[c]([RaH])[c]([RaH])[c]([RaH])[c]3[RaH])[c]([RaH])[c]2[RaH])c2[c]([RaH])[c]([RaH])c(N(c3[c]([RaH])[c]([RaH])c(C)[c]([RaH])[c]3[RaH])c3[c]([RaH])[c]([RaH])c(N(c4[c]([RaH])[c]([RaH])[c]([RaH])[c]([RaH])[c]4[RaH])c4[c]([RaH])[c]([RaH])[c]([RaH])[c]([RaH])[c]4[RaH])[c]([RaH])[c]3[RaH])[c]([RaH])[c]2[RaH])[c]([RaH])[c]1[RaH]. The van der Waals surface area contributed by atoms with Gasteiger partial charge in [-0.05, 0) is 0 Å². The second-order valence-electron chi connectivity index (χ2n) is 31.8. The fourth-order valence-corrected chi connectivity index (χ4v) is 369. The molecule has 370 valence electrons. The molecule has 0 bridgehead atoms. The average Bonchev–Trinajstić information content (AvgIpc) is 0.716. The Labute approximate surface area is 1760 Å².